The molecule has 4 heterocycles. The lowest BCUT2D eigenvalue weighted by Crippen LogP contribution is -2.08. The lowest BCUT2D eigenvalue weighted by Gasteiger charge is -2.13. The Bertz CT molecular complexity index is 1150. The van der Waals surface area contributed by atoms with Crippen LogP contribution in [0.4, 0.5) is 0 Å². The molecular formula is C16H12N8O2. The molecule has 0 N–H and O–H groups in total. The fourth-order valence-corrected chi connectivity index (χ4v) is 2.57. The Balaban J connectivity index is 1.59. The molecule has 0 bridgehead atoms. The zero-order chi connectivity index (χ0) is 17.5. The first kappa shape index (κ1) is 14.5. The maximum atomic E-state index is 5.96. The summed E-state index contributed by atoms with van der Waals surface area (Å²) in [7, 11) is 1.81. The summed E-state index contributed by atoms with van der Waals surface area (Å²) in [5.41, 5.74) is 3.82. The third kappa shape index (κ3) is 2.27. The standard InChI is InChI=1S/C16H12N8O2/c1-23-11(8-17-22-23)9-25-16-12(10-3-2-4-10)7-14-18-19-15(24(14)20-16)13-5-6-26-21-13/h2-8H,9H2,1H3. The second kappa shape index (κ2) is 5.62. The number of fused-ring (bicyclic) bond motifs is 1. The molecule has 0 atom stereocenters. The number of hydrogen-bond donors (Lipinski definition) is 0. The van der Waals surface area contributed by atoms with Gasteiger partial charge >= 0.3 is 0 Å². The van der Waals surface area contributed by atoms with Crippen LogP contribution in [-0.4, -0.2) is 40.0 Å². The molecule has 0 aromatic carbocycles. The van der Waals surface area contributed by atoms with Crippen LogP contribution in [0.5, 0.6) is 5.88 Å². The highest BCUT2D eigenvalue weighted by molar-refractivity contribution is 5.84. The Hall–Kier alpha value is -3.82. The molecular weight excluding hydrogens is 336 g/mol. The number of rotatable bonds is 5. The predicted molar refractivity (Wildman–Crippen MR) is 88.7 cm³/mol. The number of aryl methyl sites for hydroxylation is 1. The van der Waals surface area contributed by atoms with E-state index in [0.717, 1.165) is 16.8 Å². The van der Waals surface area contributed by atoms with Crippen molar-refractivity contribution < 1.29 is 9.26 Å². The summed E-state index contributed by atoms with van der Waals surface area (Å²) >= 11 is 0. The average Bonchev–Trinajstić information content (AvgIpc) is 3.31. The normalized spacial score (nSPS) is 13.0. The Morgan fingerprint density at radius 1 is 1.27 bits per heavy atom. The molecule has 0 fully saturated rings. The highest BCUT2D eigenvalue weighted by Crippen LogP contribution is 2.31. The van der Waals surface area contributed by atoms with Crippen molar-refractivity contribution >= 4 is 11.2 Å². The first-order valence-corrected chi connectivity index (χ1v) is 7.82. The second-order valence-electron chi connectivity index (χ2n) is 5.66. The molecule has 0 amide bonds. The Labute approximate surface area is 146 Å². The monoisotopic (exact) mass is 348 g/mol. The van der Waals surface area contributed by atoms with E-state index in [2.05, 4.69) is 30.8 Å². The maximum Gasteiger partial charge on any atom is 0.240 e. The van der Waals surface area contributed by atoms with Crippen molar-refractivity contribution in [3.8, 4) is 17.4 Å². The predicted octanol–water partition coefficient (Wildman–Crippen LogP) is 1.44. The SMILES string of the molecule is Cn1nncc1COc1nn2c(-c3ccon3)nnc2cc1C1=CC=C1. The summed E-state index contributed by atoms with van der Waals surface area (Å²) in [6.45, 7) is 0.285. The summed E-state index contributed by atoms with van der Waals surface area (Å²) in [5, 5.41) is 24.6. The third-order valence-corrected chi connectivity index (χ3v) is 4.05. The fourth-order valence-electron chi connectivity index (χ4n) is 2.57. The highest BCUT2D eigenvalue weighted by atomic mass is 16.5. The van der Waals surface area contributed by atoms with Gasteiger partial charge in [0.05, 0.1) is 11.9 Å². The van der Waals surface area contributed by atoms with E-state index in [-0.39, 0.29) is 6.61 Å². The molecule has 0 saturated heterocycles. The Kier molecular flexibility index (Phi) is 3.14. The number of nitrogens with zero attached hydrogens (tertiary/aromatic N) is 8. The van der Waals surface area contributed by atoms with Gasteiger partial charge in [0.15, 0.2) is 11.3 Å². The minimum Gasteiger partial charge on any atom is -0.470 e. The van der Waals surface area contributed by atoms with Crippen LogP contribution in [0, 0.1) is 0 Å². The average molecular weight is 348 g/mol. The van der Waals surface area contributed by atoms with E-state index in [1.807, 2.05) is 31.3 Å². The summed E-state index contributed by atoms with van der Waals surface area (Å²) < 4.78 is 14.1. The van der Waals surface area contributed by atoms with Crippen molar-refractivity contribution in [2.75, 3.05) is 0 Å². The zero-order valence-corrected chi connectivity index (χ0v) is 13.6. The van der Waals surface area contributed by atoms with Crippen molar-refractivity contribution in [3.63, 3.8) is 0 Å². The third-order valence-electron chi connectivity index (χ3n) is 4.05. The van der Waals surface area contributed by atoms with Gasteiger partial charge in [-0.15, -0.1) is 20.4 Å². The highest BCUT2D eigenvalue weighted by Gasteiger charge is 2.19. The van der Waals surface area contributed by atoms with Crippen LogP contribution in [0.25, 0.3) is 22.7 Å². The minimum atomic E-state index is 0.285. The van der Waals surface area contributed by atoms with Gasteiger partial charge < -0.3 is 9.26 Å². The van der Waals surface area contributed by atoms with E-state index >= 15 is 0 Å². The summed E-state index contributed by atoms with van der Waals surface area (Å²) in [6, 6.07) is 3.58. The van der Waals surface area contributed by atoms with Gasteiger partial charge in [0.2, 0.25) is 11.7 Å². The van der Waals surface area contributed by atoms with E-state index in [4.69, 9.17) is 9.26 Å². The van der Waals surface area contributed by atoms with E-state index in [9.17, 15) is 0 Å². The van der Waals surface area contributed by atoms with Crippen LogP contribution in [0.2, 0.25) is 0 Å². The summed E-state index contributed by atoms with van der Waals surface area (Å²) in [5.74, 6) is 0.935. The lowest BCUT2D eigenvalue weighted by atomic mass is 10.0. The van der Waals surface area contributed by atoms with Crippen molar-refractivity contribution in [1.29, 1.82) is 0 Å². The van der Waals surface area contributed by atoms with Gasteiger partial charge in [-0.2, -0.15) is 4.52 Å². The molecule has 0 aliphatic heterocycles. The molecule has 10 heteroatoms. The quantitative estimate of drug-likeness (QED) is 0.533. The molecule has 128 valence electrons. The molecule has 5 rings (SSSR count). The summed E-state index contributed by atoms with van der Waals surface area (Å²) in [6.07, 6.45) is 9.06. The Morgan fingerprint density at radius 3 is 2.88 bits per heavy atom. The van der Waals surface area contributed by atoms with E-state index in [1.54, 1.807) is 21.5 Å². The molecule has 10 nitrogen and oxygen atoms in total. The van der Waals surface area contributed by atoms with Crippen LogP contribution in [0.3, 0.4) is 0 Å². The van der Waals surface area contributed by atoms with Crippen molar-refractivity contribution in [2.24, 2.45) is 7.05 Å². The largest absolute Gasteiger partial charge is 0.470 e. The lowest BCUT2D eigenvalue weighted by molar-refractivity contribution is 0.278. The molecule has 0 radical (unpaired) electrons. The van der Waals surface area contributed by atoms with E-state index in [0.29, 0.717) is 23.0 Å². The number of aromatic nitrogens is 8. The van der Waals surface area contributed by atoms with Gasteiger partial charge in [-0.3, -0.25) is 0 Å². The Morgan fingerprint density at radius 2 is 2.19 bits per heavy atom. The van der Waals surface area contributed by atoms with E-state index in [1.165, 1.54) is 6.26 Å². The molecule has 1 aliphatic rings. The van der Waals surface area contributed by atoms with Crippen LogP contribution < -0.4 is 4.74 Å². The minimum absolute atomic E-state index is 0.285. The fraction of sp³-hybridized carbons (Fsp3) is 0.125. The van der Waals surface area contributed by atoms with Gasteiger partial charge in [0.25, 0.3) is 0 Å². The molecule has 1 aliphatic carbocycles. The number of allylic oxidation sites excluding steroid dienone is 4. The van der Waals surface area contributed by atoms with Gasteiger partial charge in [0, 0.05) is 18.7 Å². The maximum absolute atomic E-state index is 5.96. The van der Waals surface area contributed by atoms with Crippen LogP contribution in [-0.2, 0) is 13.7 Å². The number of ether oxygens (including phenoxy) is 1. The van der Waals surface area contributed by atoms with Crippen LogP contribution in [0.1, 0.15) is 11.3 Å². The summed E-state index contributed by atoms with van der Waals surface area (Å²) in [4.78, 5) is 0. The van der Waals surface area contributed by atoms with Crippen LogP contribution >= 0.6 is 0 Å². The second-order valence-corrected chi connectivity index (χ2v) is 5.66. The van der Waals surface area contributed by atoms with E-state index < -0.39 is 0 Å². The van der Waals surface area contributed by atoms with Gasteiger partial charge in [-0.05, 0) is 11.6 Å². The number of hydrogen-bond acceptors (Lipinski definition) is 8. The topological polar surface area (TPSA) is 109 Å². The van der Waals surface area contributed by atoms with Gasteiger partial charge in [-0.25, -0.2) is 4.68 Å². The molecule has 0 saturated carbocycles. The molecule has 26 heavy (non-hydrogen) atoms. The first-order chi connectivity index (χ1) is 12.8. The van der Waals surface area contributed by atoms with Crippen molar-refractivity contribution in [3.05, 3.63) is 54.1 Å². The molecule has 0 spiro atoms. The first-order valence-electron chi connectivity index (χ1n) is 7.82. The van der Waals surface area contributed by atoms with Crippen LogP contribution in [0.15, 0.2) is 47.3 Å². The van der Waals surface area contributed by atoms with Gasteiger partial charge in [-0.1, -0.05) is 28.6 Å². The van der Waals surface area contributed by atoms with Crippen molar-refractivity contribution in [1.82, 2.24) is 40.0 Å². The molecule has 4 aromatic heterocycles. The van der Waals surface area contributed by atoms with Crippen molar-refractivity contribution in [2.45, 2.75) is 6.61 Å². The molecule has 0 unspecified atom stereocenters. The zero-order valence-electron chi connectivity index (χ0n) is 13.6. The van der Waals surface area contributed by atoms with Gasteiger partial charge in [0.1, 0.15) is 12.9 Å². The molecule has 4 aromatic rings. The smallest absolute Gasteiger partial charge is 0.240 e.